The van der Waals surface area contributed by atoms with Crippen LogP contribution in [0.4, 0.5) is 0 Å². The summed E-state index contributed by atoms with van der Waals surface area (Å²) in [4.78, 5) is 23.3. The van der Waals surface area contributed by atoms with Crippen LogP contribution in [0.15, 0.2) is 28.7 Å². The summed E-state index contributed by atoms with van der Waals surface area (Å²) in [5, 5.41) is 2.35. The number of rotatable bonds is 6. The number of hydrogen-bond acceptors (Lipinski definition) is 4. The maximum atomic E-state index is 11.8. The van der Waals surface area contributed by atoms with E-state index in [-0.39, 0.29) is 17.6 Å². The molecule has 4 nitrogen and oxygen atoms in total. The van der Waals surface area contributed by atoms with Gasteiger partial charge in [0.15, 0.2) is 0 Å². The topological polar surface area (TPSA) is 72.2 Å². The van der Waals surface area contributed by atoms with Crippen LogP contribution in [0.5, 0.6) is 0 Å². The Hall–Kier alpha value is -0.850. The summed E-state index contributed by atoms with van der Waals surface area (Å²) in [6.45, 7) is 0.616. The second-order valence-corrected chi connectivity index (χ2v) is 5.51. The van der Waals surface area contributed by atoms with Gasteiger partial charge in [0.05, 0.1) is 11.3 Å². The van der Waals surface area contributed by atoms with Crippen molar-refractivity contribution in [1.29, 1.82) is 0 Å². The predicted octanol–water partition coefficient (Wildman–Crippen LogP) is 1.79. The van der Waals surface area contributed by atoms with Crippen molar-refractivity contribution < 1.29 is 9.59 Å². The molecule has 0 unspecified atom stereocenters. The Kier molecular flexibility index (Phi) is 7.00. The molecule has 0 saturated carbocycles. The Morgan fingerprint density at radius 1 is 1.33 bits per heavy atom. The van der Waals surface area contributed by atoms with Gasteiger partial charge in [-0.25, -0.2) is 0 Å². The van der Waals surface area contributed by atoms with Crippen molar-refractivity contribution in [3.63, 3.8) is 0 Å². The number of imide groups is 1. The summed E-state index contributed by atoms with van der Waals surface area (Å²) in [5.74, 6) is 0.438. The van der Waals surface area contributed by atoms with Crippen molar-refractivity contribution in [2.24, 2.45) is 5.73 Å². The predicted molar refractivity (Wildman–Crippen MR) is 77.6 cm³/mol. The quantitative estimate of drug-likeness (QED) is 0.780. The van der Waals surface area contributed by atoms with Crippen LogP contribution < -0.4 is 11.1 Å². The first-order valence-corrected chi connectivity index (χ1v) is 7.46. The molecule has 98 valence electrons. The second-order valence-electron chi connectivity index (χ2n) is 3.55. The zero-order chi connectivity index (χ0) is 13.4. The molecule has 6 heteroatoms. The molecule has 0 aliphatic rings. The molecule has 0 fully saturated rings. The van der Waals surface area contributed by atoms with Crippen LogP contribution >= 0.6 is 27.7 Å². The van der Waals surface area contributed by atoms with Gasteiger partial charge < -0.3 is 5.73 Å². The van der Waals surface area contributed by atoms with Gasteiger partial charge in [0.25, 0.3) is 5.91 Å². The average Bonchev–Trinajstić information content (AvgIpc) is 2.35. The summed E-state index contributed by atoms with van der Waals surface area (Å²) >= 11 is 4.74. The lowest BCUT2D eigenvalue weighted by atomic mass is 10.2. The van der Waals surface area contributed by atoms with Crippen LogP contribution in [-0.4, -0.2) is 29.9 Å². The molecule has 0 aliphatic carbocycles. The molecule has 0 aliphatic heterocycles. The first kappa shape index (κ1) is 15.2. The Morgan fingerprint density at radius 2 is 2.06 bits per heavy atom. The van der Waals surface area contributed by atoms with Crippen molar-refractivity contribution >= 4 is 39.5 Å². The number of carbonyl (C=O) groups is 2. The number of benzene rings is 1. The fourth-order valence-electron chi connectivity index (χ4n) is 1.23. The highest BCUT2D eigenvalue weighted by Crippen LogP contribution is 2.15. The molecular formula is C12H15BrN2O2S. The molecule has 0 heterocycles. The summed E-state index contributed by atoms with van der Waals surface area (Å²) in [7, 11) is 0. The van der Waals surface area contributed by atoms with E-state index in [2.05, 4.69) is 21.2 Å². The van der Waals surface area contributed by atoms with E-state index in [1.54, 1.807) is 18.2 Å². The molecule has 0 atom stereocenters. The molecule has 0 aromatic heterocycles. The van der Waals surface area contributed by atoms with E-state index < -0.39 is 0 Å². The van der Waals surface area contributed by atoms with Gasteiger partial charge in [-0.05, 0) is 46.8 Å². The first-order valence-electron chi connectivity index (χ1n) is 5.51. The highest BCUT2D eigenvalue weighted by molar-refractivity contribution is 9.10. The molecule has 0 radical (unpaired) electrons. The summed E-state index contributed by atoms with van der Waals surface area (Å²) in [5.41, 5.74) is 5.80. The minimum atomic E-state index is -0.383. The van der Waals surface area contributed by atoms with Crippen molar-refractivity contribution in [2.75, 3.05) is 18.1 Å². The third kappa shape index (κ3) is 5.20. The van der Waals surface area contributed by atoms with Crippen molar-refractivity contribution in [3.05, 3.63) is 34.3 Å². The van der Waals surface area contributed by atoms with Gasteiger partial charge in [0, 0.05) is 4.47 Å². The molecular weight excluding hydrogens is 316 g/mol. The number of carbonyl (C=O) groups excluding carboxylic acids is 2. The molecule has 3 N–H and O–H groups in total. The SMILES string of the molecule is NCCCSCC(=O)NC(=O)c1ccccc1Br. The largest absolute Gasteiger partial charge is 0.330 e. The molecule has 2 amide bonds. The van der Waals surface area contributed by atoms with Crippen LogP contribution in [0.1, 0.15) is 16.8 Å². The van der Waals surface area contributed by atoms with E-state index in [9.17, 15) is 9.59 Å². The maximum absolute atomic E-state index is 11.8. The van der Waals surface area contributed by atoms with Crippen molar-refractivity contribution in [2.45, 2.75) is 6.42 Å². The van der Waals surface area contributed by atoms with E-state index in [1.807, 2.05) is 6.07 Å². The number of amides is 2. The van der Waals surface area contributed by atoms with Gasteiger partial charge in [0.2, 0.25) is 5.91 Å². The Bertz CT molecular complexity index is 426. The highest BCUT2D eigenvalue weighted by Gasteiger charge is 2.12. The van der Waals surface area contributed by atoms with E-state index in [0.29, 0.717) is 16.6 Å². The second kappa shape index (κ2) is 8.29. The summed E-state index contributed by atoms with van der Waals surface area (Å²) in [6.07, 6.45) is 0.871. The first-order chi connectivity index (χ1) is 8.65. The van der Waals surface area contributed by atoms with Crippen LogP contribution in [-0.2, 0) is 4.79 Å². The maximum Gasteiger partial charge on any atom is 0.259 e. The summed E-state index contributed by atoms with van der Waals surface area (Å²) < 4.78 is 0.672. The number of hydrogen-bond donors (Lipinski definition) is 2. The average molecular weight is 331 g/mol. The summed E-state index contributed by atoms with van der Waals surface area (Å²) in [6, 6.07) is 6.98. The van der Waals surface area contributed by atoms with Crippen molar-refractivity contribution in [1.82, 2.24) is 5.32 Å². The fourth-order valence-corrected chi connectivity index (χ4v) is 2.46. The van der Waals surface area contributed by atoms with Crippen LogP contribution in [0.3, 0.4) is 0 Å². The van der Waals surface area contributed by atoms with E-state index in [4.69, 9.17) is 5.73 Å². The van der Waals surface area contributed by atoms with Gasteiger partial charge in [-0.2, -0.15) is 11.8 Å². The lowest BCUT2D eigenvalue weighted by Crippen LogP contribution is -2.32. The van der Waals surface area contributed by atoms with Gasteiger partial charge in [0.1, 0.15) is 0 Å². The highest BCUT2D eigenvalue weighted by atomic mass is 79.9. The van der Waals surface area contributed by atoms with E-state index in [1.165, 1.54) is 11.8 Å². The minimum Gasteiger partial charge on any atom is -0.330 e. The van der Waals surface area contributed by atoms with E-state index in [0.717, 1.165) is 12.2 Å². The zero-order valence-corrected chi connectivity index (χ0v) is 12.2. The van der Waals surface area contributed by atoms with Crippen molar-refractivity contribution in [3.8, 4) is 0 Å². The number of halogens is 1. The molecule has 0 saturated heterocycles. The van der Waals surface area contributed by atoms with Gasteiger partial charge in [-0.15, -0.1) is 0 Å². The molecule has 1 aromatic carbocycles. The molecule has 0 bridgehead atoms. The lowest BCUT2D eigenvalue weighted by molar-refractivity contribution is -0.117. The fraction of sp³-hybridized carbons (Fsp3) is 0.333. The molecule has 1 aromatic rings. The zero-order valence-electron chi connectivity index (χ0n) is 9.82. The minimum absolute atomic E-state index is 0.274. The van der Waals surface area contributed by atoms with E-state index >= 15 is 0 Å². The lowest BCUT2D eigenvalue weighted by Gasteiger charge is -2.05. The normalized spacial score (nSPS) is 10.1. The van der Waals surface area contributed by atoms with Crippen LogP contribution in [0, 0.1) is 0 Å². The van der Waals surface area contributed by atoms with Gasteiger partial charge in [-0.3, -0.25) is 14.9 Å². The van der Waals surface area contributed by atoms with Crippen LogP contribution in [0.25, 0.3) is 0 Å². The molecule has 0 spiro atoms. The Labute approximate surface area is 119 Å². The molecule has 18 heavy (non-hydrogen) atoms. The smallest absolute Gasteiger partial charge is 0.259 e. The van der Waals surface area contributed by atoms with Gasteiger partial charge >= 0.3 is 0 Å². The number of thioether (sulfide) groups is 1. The molecule has 1 rings (SSSR count). The van der Waals surface area contributed by atoms with Gasteiger partial charge in [-0.1, -0.05) is 12.1 Å². The Morgan fingerprint density at radius 3 is 2.72 bits per heavy atom. The Balaban J connectivity index is 2.41. The number of nitrogens with two attached hydrogens (primary N) is 1. The third-order valence-electron chi connectivity index (χ3n) is 2.10. The monoisotopic (exact) mass is 330 g/mol. The third-order valence-corrected chi connectivity index (χ3v) is 3.83. The number of nitrogens with one attached hydrogen (secondary N) is 1. The standard InChI is InChI=1S/C12H15BrN2O2S/c13-10-5-2-1-4-9(10)12(17)15-11(16)8-18-7-3-6-14/h1-2,4-5H,3,6-8,14H2,(H,15,16,17). The van der Waals surface area contributed by atoms with Crippen LogP contribution in [0.2, 0.25) is 0 Å².